The number of H-pyrrole nitrogens is 1. The molecule has 1 aromatic heterocycles. The SMILES string of the molecule is Nc1c(C2CCCCC2)cc[nH]c1=O. The second-order valence-electron chi connectivity index (χ2n) is 4.01. The molecule has 1 heterocycles. The van der Waals surface area contributed by atoms with Crippen LogP contribution in [-0.4, -0.2) is 4.98 Å². The number of hydrogen-bond donors (Lipinski definition) is 2. The first-order valence-electron chi connectivity index (χ1n) is 5.26. The molecule has 0 atom stereocenters. The molecule has 0 saturated heterocycles. The third-order valence-electron chi connectivity index (χ3n) is 3.08. The second kappa shape index (κ2) is 3.86. The topological polar surface area (TPSA) is 58.9 Å². The summed E-state index contributed by atoms with van der Waals surface area (Å²) >= 11 is 0. The number of pyridine rings is 1. The summed E-state index contributed by atoms with van der Waals surface area (Å²) in [6, 6.07) is 1.95. The number of nitrogens with one attached hydrogen (secondary N) is 1. The molecule has 1 aromatic rings. The van der Waals surface area contributed by atoms with E-state index < -0.39 is 0 Å². The van der Waals surface area contributed by atoms with Crippen LogP contribution in [0.4, 0.5) is 5.69 Å². The van der Waals surface area contributed by atoms with Gasteiger partial charge >= 0.3 is 0 Å². The van der Waals surface area contributed by atoms with E-state index in [2.05, 4.69) is 4.98 Å². The van der Waals surface area contributed by atoms with Crippen LogP contribution < -0.4 is 11.3 Å². The number of aromatic nitrogens is 1. The molecular formula is C11H16N2O. The third kappa shape index (κ3) is 1.67. The summed E-state index contributed by atoms with van der Waals surface area (Å²) in [5.74, 6) is 0.506. The summed E-state index contributed by atoms with van der Waals surface area (Å²) in [5, 5.41) is 0. The normalized spacial score (nSPS) is 18.3. The van der Waals surface area contributed by atoms with Crippen molar-refractivity contribution in [1.29, 1.82) is 0 Å². The standard InChI is InChI=1S/C11H16N2O/c12-10-9(6-7-13-11(10)14)8-4-2-1-3-5-8/h6-8H,1-5,12H2,(H,13,14). The van der Waals surface area contributed by atoms with Crippen LogP contribution in [0.3, 0.4) is 0 Å². The lowest BCUT2D eigenvalue weighted by Crippen LogP contribution is -2.16. The zero-order chi connectivity index (χ0) is 9.97. The Labute approximate surface area is 83.3 Å². The van der Waals surface area contributed by atoms with Gasteiger partial charge in [0, 0.05) is 6.20 Å². The van der Waals surface area contributed by atoms with Gasteiger partial charge in [-0.1, -0.05) is 19.3 Å². The van der Waals surface area contributed by atoms with Crippen molar-refractivity contribution < 1.29 is 0 Å². The van der Waals surface area contributed by atoms with Crippen molar-refractivity contribution in [2.45, 2.75) is 38.0 Å². The number of anilines is 1. The lowest BCUT2D eigenvalue weighted by atomic mass is 9.84. The monoisotopic (exact) mass is 192 g/mol. The molecular weight excluding hydrogens is 176 g/mol. The molecule has 2 rings (SSSR count). The zero-order valence-corrected chi connectivity index (χ0v) is 8.25. The van der Waals surface area contributed by atoms with Crippen molar-refractivity contribution in [3.63, 3.8) is 0 Å². The molecule has 1 aliphatic carbocycles. The summed E-state index contributed by atoms with van der Waals surface area (Å²) in [7, 11) is 0. The molecule has 0 spiro atoms. The Kier molecular flexibility index (Phi) is 2.57. The minimum absolute atomic E-state index is 0.145. The Hall–Kier alpha value is -1.25. The molecule has 14 heavy (non-hydrogen) atoms. The highest BCUT2D eigenvalue weighted by molar-refractivity contribution is 5.46. The smallest absolute Gasteiger partial charge is 0.271 e. The molecule has 0 unspecified atom stereocenters. The van der Waals surface area contributed by atoms with E-state index in [1.165, 1.54) is 32.1 Å². The average Bonchev–Trinajstić information content (AvgIpc) is 2.23. The average molecular weight is 192 g/mol. The van der Waals surface area contributed by atoms with Crippen LogP contribution in [0, 0.1) is 0 Å². The van der Waals surface area contributed by atoms with Crippen molar-refractivity contribution >= 4 is 5.69 Å². The number of rotatable bonds is 1. The van der Waals surface area contributed by atoms with Gasteiger partial charge in [0.2, 0.25) is 0 Å². The first kappa shape index (κ1) is 9.31. The van der Waals surface area contributed by atoms with E-state index in [1.54, 1.807) is 6.20 Å². The second-order valence-corrected chi connectivity index (χ2v) is 4.01. The molecule has 3 nitrogen and oxygen atoms in total. The number of hydrogen-bond acceptors (Lipinski definition) is 2. The van der Waals surface area contributed by atoms with Gasteiger partial charge in [-0.15, -0.1) is 0 Å². The molecule has 0 aliphatic heterocycles. The van der Waals surface area contributed by atoms with Crippen LogP contribution >= 0.6 is 0 Å². The van der Waals surface area contributed by atoms with Crippen LogP contribution in [0.5, 0.6) is 0 Å². The van der Waals surface area contributed by atoms with Crippen molar-refractivity contribution in [2.24, 2.45) is 0 Å². The van der Waals surface area contributed by atoms with Crippen LogP contribution in [-0.2, 0) is 0 Å². The molecule has 1 fully saturated rings. The largest absolute Gasteiger partial charge is 0.394 e. The molecule has 0 bridgehead atoms. The number of nitrogen functional groups attached to an aromatic ring is 1. The van der Waals surface area contributed by atoms with E-state index in [-0.39, 0.29) is 5.56 Å². The fraction of sp³-hybridized carbons (Fsp3) is 0.545. The van der Waals surface area contributed by atoms with Crippen molar-refractivity contribution in [3.05, 3.63) is 28.2 Å². The maximum atomic E-state index is 11.3. The molecule has 0 aromatic carbocycles. The highest BCUT2D eigenvalue weighted by atomic mass is 16.1. The molecule has 3 N–H and O–H groups in total. The summed E-state index contributed by atoms with van der Waals surface area (Å²) in [6.45, 7) is 0. The van der Waals surface area contributed by atoms with Gasteiger partial charge in [0.25, 0.3) is 5.56 Å². The highest BCUT2D eigenvalue weighted by Crippen LogP contribution is 2.33. The van der Waals surface area contributed by atoms with Crippen LogP contribution in [0.2, 0.25) is 0 Å². The zero-order valence-electron chi connectivity index (χ0n) is 8.25. The van der Waals surface area contributed by atoms with Gasteiger partial charge in [-0.05, 0) is 30.4 Å². The van der Waals surface area contributed by atoms with Gasteiger partial charge < -0.3 is 10.7 Å². The Morgan fingerprint density at radius 1 is 1.29 bits per heavy atom. The van der Waals surface area contributed by atoms with E-state index in [0.717, 1.165) is 5.56 Å². The van der Waals surface area contributed by atoms with Crippen LogP contribution in [0.25, 0.3) is 0 Å². The van der Waals surface area contributed by atoms with Gasteiger partial charge in [0.05, 0.1) is 0 Å². The minimum Gasteiger partial charge on any atom is -0.394 e. The van der Waals surface area contributed by atoms with Crippen molar-refractivity contribution in [3.8, 4) is 0 Å². The first-order valence-corrected chi connectivity index (χ1v) is 5.26. The maximum absolute atomic E-state index is 11.3. The Morgan fingerprint density at radius 2 is 2.00 bits per heavy atom. The Morgan fingerprint density at radius 3 is 2.71 bits per heavy atom. The van der Waals surface area contributed by atoms with Gasteiger partial charge in [-0.3, -0.25) is 4.79 Å². The number of aromatic amines is 1. The summed E-state index contributed by atoms with van der Waals surface area (Å²) in [4.78, 5) is 13.9. The fourth-order valence-electron chi connectivity index (χ4n) is 2.28. The van der Waals surface area contributed by atoms with Gasteiger partial charge in [-0.2, -0.15) is 0 Å². The van der Waals surface area contributed by atoms with Crippen molar-refractivity contribution in [1.82, 2.24) is 4.98 Å². The molecule has 1 saturated carbocycles. The van der Waals surface area contributed by atoms with Crippen molar-refractivity contribution in [2.75, 3.05) is 5.73 Å². The first-order chi connectivity index (χ1) is 6.79. The predicted molar refractivity (Wildman–Crippen MR) is 57.3 cm³/mol. The molecule has 0 amide bonds. The highest BCUT2D eigenvalue weighted by Gasteiger charge is 2.18. The molecule has 1 aliphatic rings. The van der Waals surface area contributed by atoms with E-state index >= 15 is 0 Å². The summed E-state index contributed by atoms with van der Waals surface area (Å²) < 4.78 is 0. The lowest BCUT2D eigenvalue weighted by molar-refractivity contribution is 0.444. The van der Waals surface area contributed by atoms with Gasteiger partial charge in [-0.25, -0.2) is 0 Å². The van der Waals surface area contributed by atoms with Gasteiger partial charge in [0.1, 0.15) is 5.69 Å². The predicted octanol–water partition coefficient (Wildman–Crippen LogP) is 2.00. The van der Waals surface area contributed by atoms with E-state index in [9.17, 15) is 4.79 Å². The minimum atomic E-state index is -0.145. The lowest BCUT2D eigenvalue weighted by Gasteiger charge is -2.22. The maximum Gasteiger partial charge on any atom is 0.271 e. The van der Waals surface area contributed by atoms with Gasteiger partial charge in [0.15, 0.2) is 0 Å². The summed E-state index contributed by atoms with van der Waals surface area (Å²) in [5.41, 5.74) is 7.09. The van der Waals surface area contributed by atoms with E-state index in [4.69, 9.17) is 5.73 Å². The molecule has 3 heteroatoms. The molecule has 0 radical (unpaired) electrons. The Balaban J connectivity index is 2.30. The van der Waals surface area contributed by atoms with Crippen LogP contribution in [0.15, 0.2) is 17.1 Å². The van der Waals surface area contributed by atoms with E-state index in [0.29, 0.717) is 11.6 Å². The third-order valence-corrected chi connectivity index (χ3v) is 3.08. The molecule has 76 valence electrons. The quantitative estimate of drug-likeness (QED) is 0.715. The van der Waals surface area contributed by atoms with E-state index in [1.807, 2.05) is 6.07 Å². The fourth-order valence-corrected chi connectivity index (χ4v) is 2.28. The van der Waals surface area contributed by atoms with Crippen LogP contribution in [0.1, 0.15) is 43.6 Å². The number of nitrogens with two attached hydrogens (primary N) is 1. The Bertz CT molecular complexity index is 364. The summed E-state index contributed by atoms with van der Waals surface area (Å²) in [6.07, 6.45) is 7.89.